The lowest BCUT2D eigenvalue weighted by Gasteiger charge is -2.13. The predicted octanol–water partition coefficient (Wildman–Crippen LogP) is 2.20. The van der Waals surface area contributed by atoms with E-state index in [1.165, 1.54) is 12.1 Å². The van der Waals surface area contributed by atoms with Gasteiger partial charge in [0.05, 0.1) is 6.10 Å². The maximum Gasteiger partial charge on any atom is 0.220 e. The molecule has 2 atom stereocenters. The topological polar surface area (TPSA) is 70.6 Å². The fourth-order valence-electron chi connectivity index (χ4n) is 2.82. The number of ether oxygens (including phenoxy) is 1. The molecule has 0 saturated carbocycles. The summed E-state index contributed by atoms with van der Waals surface area (Å²) in [6, 6.07) is 13.2. The third-order valence-electron chi connectivity index (χ3n) is 4.17. The zero-order valence-electron chi connectivity index (χ0n) is 13.7. The van der Waals surface area contributed by atoms with Gasteiger partial charge in [0.2, 0.25) is 5.91 Å². The molecule has 2 aromatic carbocycles. The summed E-state index contributed by atoms with van der Waals surface area (Å²) >= 11 is 0. The molecule has 0 aliphatic carbocycles. The first-order chi connectivity index (χ1) is 12.1. The molecule has 0 radical (unpaired) electrons. The van der Waals surface area contributed by atoms with Crippen LogP contribution in [-0.4, -0.2) is 30.2 Å². The molecule has 0 unspecified atom stereocenters. The average molecular weight is 344 g/mol. The monoisotopic (exact) mass is 344 g/mol. The van der Waals surface area contributed by atoms with E-state index in [1.54, 1.807) is 24.3 Å². The second-order valence-corrected chi connectivity index (χ2v) is 6.17. The molecule has 2 aromatic rings. The molecule has 1 saturated heterocycles. The number of carbonyl (C=O) groups excluding carboxylic acids is 1. The Hall–Kier alpha value is -2.44. The first kappa shape index (κ1) is 17.4. The van der Waals surface area contributed by atoms with Gasteiger partial charge in [0.1, 0.15) is 17.3 Å². The number of amides is 1. The first-order valence-corrected chi connectivity index (χ1v) is 8.28. The second kappa shape index (κ2) is 8.09. The Balaban J connectivity index is 1.53. The van der Waals surface area contributed by atoms with E-state index in [9.17, 15) is 14.3 Å². The van der Waals surface area contributed by atoms with E-state index >= 15 is 0 Å². The number of carbonyl (C=O) groups is 1. The number of rotatable bonds is 6. The number of aliphatic hydroxyl groups is 1. The second-order valence-electron chi connectivity index (χ2n) is 6.17. The quantitative estimate of drug-likeness (QED) is 0.751. The zero-order chi connectivity index (χ0) is 17.6. The molecule has 6 heteroatoms. The summed E-state index contributed by atoms with van der Waals surface area (Å²) in [4.78, 5) is 12.0. The molecule has 1 aliphatic heterocycles. The van der Waals surface area contributed by atoms with Crippen LogP contribution in [0.2, 0.25) is 0 Å². The minimum atomic E-state index is -0.464. The van der Waals surface area contributed by atoms with Crippen molar-refractivity contribution in [3.05, 3.63) is 59.9 Å². The van der Waals surface area contributed by atoms with Crippen molar-refractivity contribution in [2.75, 3.05) is 13.1 Å². The summed E-state index contributed by atoms with van der Waals surface area (Å²) in [6.07, 6.45) is -0.165. The van der Waals surface area contributed by atoms with Crippen LogP contribution in [0, 0.1) is 11.7 Å². The molecule has 1 fully saturated rings. The van der Waals surface area contributed by atoms with Crippen molar-refractivity contribution in [3.8, 4) is 11.5 Å². The van der Waals surface area contributed by atoms with Crippen molar-refractivity contribution in [1.82, 2.24) is 10.6 Å². The number of hydrogen-bond acceptors (Lipinski definition) is 4. The smallest absolute Gasteiger partial charge is 0.220 e. The average Bonchev–Trinajstić information content (AvgIpc) is 2.98. The number of β-amino-alcohol motifs (C(OH)–C–C–N with tert-alkyl or cyclic N) is 1. The van der Waals surface area contributed by atoms with E-state index in [0.717, 1.165) is 5.56 Å². The predicted molar refractivity (Wildman–Crippen MR) is 91.7 cm³/mol. The standard InChI is InChI=1S/C19H21FN2O3/c20-15-4-2-6-17(9-15)25-16-5-1-3-13(7-16)10-22-19(24)8-14-11-21-12-18(14)23/h1-7,9,14,18,21,23H,8,10-12H2,(H,22,24)/t14-,18-/m1/s1. The first-order valence-electron chi connectivity index (χ1n) is 8.28. The van der Waals surface area contributed by atoms with Crippen molar-refractivity contribution < 1.29 is 19.0 Å². The molecule has 0 aromatic heterocycles. The molecule has 5 nitrogen and oxygen atoms in total. The maximum atomic E-state index is 13.2. The van der Waals surface area contributed by atoms with Gasteiger partial charge in [-0.05, 0) is 29.8 Å². The van der Waals surface area contributed by atoms with Crippen molar-refractivity contribution in [3.63, 3.8) is 0 Å². The normalized spacial score (nSPS) is 19.6. The van der Waals surface area contributed by atoms with Gasteiger partial charge < -0.3 is 20.5 Å². The Morgan fingerprint density at radius 3 is 2.68 bits per heavy atom. The highest BCUT2D eigenvalue weighted by Gasteiger charge is 2.26. The summed E-state index contributed by atoms with van der Waals surface area (Å²) in [5.74, 6) is 0.507. The van der Waals surface area contributed by atoms with Crippen LogP contribution in [0.3, 0.4) is 0 Å². The van der Waals surface area contributed by atoms with E-state index in [2.05, 4.69) is 10.6 Å². The Kier molecular flexibility index (Phi) is 5.63. The molecule has 0 spiro atoms. The molecular formula is C19H21FN2O3. The zero-order valence-corrected chi connectivity index (χ0v) is 13.7. The van der Waals surface area contributed by atoms with Gasteiger partial charge in [-0.25, -0.2) is 4.39 Å². The highest BCUT2D eigenvalue weighted by atomic mass is 19.1. The summed E-state index contributed by atoms with van der Waals surface area (Å²) in [5, 5.41) is 15.6. The fourth-order valence-corrected chi connectivity index (χ4v) is 2.82. The lowest BCUT2D eigenvalue weighted by molar-refractivity contribution is -0.122. The molecular weight excluding hydrogens is 323 g/mol. The van der Waals surface area contributed by atoms with Crippen LogP contribution in [0.25, 0.3) is 0 Å². The Bertz CT molecular complexity index is 738. The summed E-state index contributed by atoms with van der Waals surface area (Å²) in [7, 11) is 0. The molecule has 1 amide bonds. The van der Waals surface area contributed by atoms with Gasteiger partial charge in [-0.15, -0.1) is 0 Å². The Morgan fingerprint density at radius 1 is 1.20 bits per heavy atom. The number of nitrogens with one attached hydrogen (secondary N) is 2. The molecule has 25 heavy (non-hydrogen) atoms. The summed E-state index contributed by atoms with van der Waals surface area (Å²) in [5.41, 5.74) is 0.882. The summed E-state index contributed by atoms with van der Waals surface area (Å²) < 4.78 is 18.8. The SMILES string of the molecule is O=C(C[C@@H]1CNC[C@H]1O)NCc1cccc(Oc2cccc(F)c2)c1. The van der Waals surface area contributed by atoms with Gasteiger partial charge in [0.15, 0.2) is 0 Å². The van der Waals surface area contributed by atoms with Crippen molar-refractivity contribution in [1.29, 1.82) is 0 Å². The fraction of sp³-hybridized carbons (Fsp3) is 0.316. The maximum absolute atomic E-state index is 13.2. The van der Waals surface area contributed by atoms with Gasteiger partial charge in [-0.2, -0.15) is 0 Å². The number of halogens is 1. The molecule has 3 N–H and O–H groups in total. The van der Waals surface area contributed by atoms with E-state index in [4.69, 9.17) is 4.74 Å². The van der Waals surface area contributed by atoms with Gasteiger partial charge >= 0.3 is 0 Å². The number of benzene rings is 2. The Labute approximate surface area is 145 Å². The van der Waals surface area contributed by atoms with E-state index in [0.29, 0.717) is 37.6 Å². The highest BCUT2D eigenvalue weighted by molar-refractivity contribution is 5.76. The van der Waals surface area contributed by atoms with Crippen molar-refractivity contribution in [2.45, 2.75) is 19.1 Å². The van der Waals surface area contributed by atoms with Crippen molar-refractivity contribution >= 4 is 5.91 Å². The van der Waals surface area contributed by atoms with Crippen LogP contribution >= 0.6 is 0 Å². The van der Waals surface area contributed by atoms with E-state index in [-0.39, 0.29) is 17.6 Å². The van der Waals surface area contributed by atoms with Gasteiger partial charge in [-0.3, -0.25) is 4.79 Å². The third kappa shape index (κ3) is 5.01. The molecule has 3 rings (SSSR count). The van der Waals surface area contributed by atoms with Crippen molar-refractivity contribution in [2.24, 2.45) is 5.92 Å². The summed E-state index contributed by atoms with van der Waals surface area (Å²) in [6.45, 7) is 1.57. The van der Waals surface area contributed by atoms with Crippen LogP contribution < -0.4 is 15.4 Å². The number of aliphatic hydroxyl groups excluding tert-OH is 1. The van der Waals surface area contributed by atoms with Gasteiger partial charge in [0.25, 0.3) is 0 Å². The van der Waals surface area contributed by atoms with E-state index < -0.39 is 6.10 Å². The minimum absolute atomic E-state index is 0.0392. The lowest BCUT2D eigenvalue weighted by Crippen LogP contribution is -2.29. The number of hydrogen-bond donors (Lipinski definition) is 3. The molecule has 1 heterocycles. The van der Waals surface area contributed by atoms with E-state index in [1.807, 2.05) is 12.1 Å². The van der Waals surface area contributed by atoms with Crippen LogP contribution in [0.5, 0.6) is 11.5 Å². The largest absolute Gasteiger partial charge is 0.457 e. The Morgan fingerprint density at radius 2 is 1.96 bits per heavy atom. The van der Waals surface area contributed by atoms with Crippen LogP contribution in [-0.2, 0) is 11.3 Å². The molecule has 132 valence electrons. The highest BCUT2D eigenvalue weighted by Crippen LogP contribution is 2.23. The van der Waals surface area contributed by atoms with Gasteiger partial charge in [0, 0.05) is 38.0 Å². The van der Waals surface area contributed by atoms with Crippen LogP contribution in [0.15, 0.2) is 48.5 Å². The van der Waals surface area contributed by atoms with Crippen LogP contribution in [0.1, 0.15) is 12.0 Å². The minimum Gasteiger partial charge on any atom is -0.457 e. The molecule has 1 aliphatic rings. The molecule has 0 bridgehead atoms. The third-order valence-corrected chi connectivity index (χ3v) is 4.17. The lowest BCUT2D eigenvalue weighted by atomic mass is 10.0. The van der Waals surface area contributed by atoms with Gasteiger partial charge in [-0.1, -0.05) is 18.2 Å². The van der Waals surface area contributed by atoms with Crippen LogP contribution in [0.4, 0.5) is 4.39 Å².